The smallest absolute Gasteiger partial charge is 0.137 e. The fourth-order valence-electron chi connectivity index (χ4n) is 2.71. The molecule has 0 bridgehead atoms. The highest BCUT2D eigenvalue weighted by molar-refractivity contribution is 5.81. The number of hydrogen-bond acceptors (Lipinski definition) is 3. The summed E-state index contributed by atoms with van der Waals surface area (Å²) < 4.78 is 0. The largest absolute Gasteiger partial charge is 0.300 e. The number of carbonyl (C=O) groups excluding carboxylic acids is 1. The van der Waals surface area contributed by atoms with Crippen molar-refractivity contribution >= 4 is 5.78 Å². The Bertz CT molecular complexity index is 391. The van der Waals surface area contributed by atoms with Crippen LogP contribution in [0.25, 0.3) is 0 Å². The number of aromatic nitrogens is 1. The molecule has 0 radical (unpaired) electrons. The van der Waals surface area contributed by atoms with Gasteiger partial charge in [0, 0.05) is 31.6 Å². The fraction of sp³-hybridized carbons (Fsp3) is 0.600. The molecule has 1 aliphatic carbocycles. The Hall–Kier alpha value is -1.22. The van der Waals surface area contributed by atoms with Crippen molar-refractivity contribution < 1.29 is 4.79 Å². The van der Waals surface area contributed by atoms with Gasteiger partial charge < -0.3 is 0 Å². The third kappa shape index (κ3) is 3.64. The number of pyridine rings is 1. The second kappa shape index (κ2) is 6.10. The van der Waals surface area contributed by atoms with E-state index in [9.17, 15) is 4.79 Å². The molecule has 2 unspecified atom stereocenters. The minimum absolute atomic E-state index is 0.225. The Morgan fingerprint density at radius 2 is 2.28 bits per heavy atom. The summed E-state index contributed by atoms with van der Waals surface area (Å²) in [6.07, 6.45) is 4.70. The van der Waals surface area contributed by atoms with Crippen LogP contribution in [0.15, 0.2) is 24.4 Å². The molecule has 1 aromatic heterocycles. The first kappa shape index (κ1) is 13.2. The maximum atomic E-state index is 11.9. The van der Waals surface area contributed by atoms with Crippen LogP contribution in [0.4, 0.5) is 0 Å². The fourth-order valence-corrected chi connectivity index (χ4v) is 2.71. The first-order chi connectivity index (χ1) is 8.65. The molecule has 0 aliphatic heterocycles. The molecule has 3 nitrogen and oxygen atoms in total. The SMILES string of the molecule is CC1CCC(=O)C(CN(C)Cc2ccccn2)C1. The maximum absolute atomic E-state index is 11.9. The quantitative estimate of drug-likeness (QED) is 0.818. The van der Waals surface area contributed by atoms with Gasteiger partial charge in [-0.3, -0.25) is 14.7 Å². The van der Waals surface area contributed by atoms with Gasteiger partial charge in [-0.05, 0) is 37.9 Å². The van der Waals surface area contributed by atoms with Crippen LogP contribution in [0.1, 0.15) is 31.9 Å². The zero-order valence-electron chi connectivity index (χ0n) is 11.3. The first-order valence-corrected chi connectivity index (χ1v) is 6.76. The van der Waals surface area contributed by atoms with Crippen LogP contribution in [0.2, 0.25) is 0 Å². The van der Waals surface area contributed by atoms with Gasteiger partial charge in [0.05, 0.1) is 5.69 Å². The van der Waals surface area contributed by atoms with Crippen molar-refractivity contribution in [2.75, 3.05) is 13.6 Å². The summed E-state index contributed by atoms with van der Waals surface area (Å²) in [6, 6.07) is 5.96. The number of hydrogen-bond donors (Lipinski definition) is 0. The first-order valence-electron chi connectivity index (χ1n) is 6.76. The van der Waals surface area contributed by atoms with Crippen molar-refractivity contribution in [3.8, 4) is 0 Å². The molecule has 1 aromatic rings. The molecule has 1 fully saturated rings. The molecule has 98 valence electrons. The average molecular weight is 246 g/mol. The molecule has 0 aromatic carbocycles. The molecule has 18 heavy (non-hydrogen) atoms. The molecule has 1 heterocycles. The molecular weight excluding hydrogens is 224 g/mol. The van der Waals surface area contributed by atoms with Crippen molar-refractivity contribution in [3.63, 3.8) is 0 Å². The Morgan fingerprint density at radius 3 is 3.00 bits per heavy atom. The second-order valence-corrected chi connectivity index (χ2v) is 5.56. The lowest BCUT2D eigenvalue weighted by molar-refractivity contribution is -0.126. The van der Waals surface area contributed by atoms with Crippen LogP contribution in [0.3, 0.4) is 0 Å². The van der Waals surface area contributed by atoms with Crippen LogP contribution in [0.5, 0.6) is 0 Å². The van der Waals surface area contributed by atoms with Gasteiger partial charge in [0.2, 0.25) is 0 Å². The standard InChI is InChI=1S/C15H22N2O/c1-12-6-7-15(18)13(9-12)10-17(2)11-14-5-3-4-8-16-14/h3-5,8,12-13H,6-7,9-11H2,1-2H3. The molecule has 2 rings (SSSR count). The van der Waals surface area contributed by atoms with Gasteiger partial charge in [-0.1, -0.05) is 13.0 Å². The van der Waals surface area contributed by atoms with E-state index in [0.29, 0.717) is 11.7 Å². The molecule has 3 heteroatoms. The zero-order valence-corrected chi connectivity index (χ0v) is 11.3. The molecule has 0 N–H and O–H groups in total. The predicted octanol–water partition coefficient (Wildman–Crippen LogP) is 2.52. The van der Waals surface area contributed by atoms with E-state index in [0.717, 1.165) is 38.0 Å². The van der Waals surface area contributed by atoms with Gasteiger partial charge in [0.1, 0.15) is 5.78 Å². The Balaban J connectivity index is 1.87. The lowest BCUT2D eigenvalue weighted by Gasteiger charge is -2.29. The van der Waals surface area contributed by atoms with E-state index in [2.05, 4.69) is 23.9 Å². The number of ketones is 1. The molecule has 0 spiro atoms. The topological polar surface area (TPSA) is 33.2 Å². The van der Waals surface area contributed by atoms with Crippen molar-refractivity contribution in [2.45, 2.75) is 32.7 Å². The zero-order chi connectivity index (χ0) is 13.0. The van der Waals surface area contributed by atoms with Crippen molar-refractivity contribution in [1.82, 2.24) is 9.88 Å². The van der Waals surface area contributed by atoms with Crippen LogP contribution < -0.4 is 0 Å². The highest BCUT2D eigenvalue weighted by atomic mass is 16.1. The molecular formula is C15H22N2O. The Labute approximate surface area is 109 Å². The molecule has 0 saturated heterocycles. The van der Waals surface area contributed by atoms with Crippen LogP contribution in [-0.4, -0.2) is 29.3 Å². The molecule has 1 aliphatic rings. The summed E-state index contributed by atoms with van der Waals surface area (Å²) in [7, 11) is 2.07. The third-order valence-corrected chi connectivity index (χ3v) is 3.72. The van der Waals surface area contributed by atoms with Gasteiger partial charge in [0.25, 0.3) is 0 Å². The minimum atomic E-state index is 0.225. The van der Waals surface area contributed by atoms with Gasteiger partial charge in [0.15, 0.2) is 0 Å². The lowest BCUT2D eigenvalue weighted by atomic mass is 9.81. The van der Waals surface area contributed by atoms with E-state index in [4.69, 9.17) is 0 Å². The van der Waals surface area contributed by atoms with Crippen LogP contribution >= 0.6 is 0 Å². The predicted molar refractivity (Wildman–Crippen MR) is 72.1 cm³/mol. The average Bonchev–Trinajstić information content (AvgIpc) is 2.35. The van der Waals surface area contributed by atoms with Crippen LogP contribution in [0, 0.1) is 11.8 Å². The highest BCUT2D eigenvalue weighted by Gasteiger charge is 2.27. The van der Waals surface area contributed by atoms with Gasteiger partial charge in [-0.15, -0.1) is 0 Å². The van der Waals surface area contributed by atoms with E-state index >= 15 is 0 Å². The van der Waals surface area contributed by atoms with E-state index in [1.54, 1.807) is 0 Å². The van der Waals surface area contributed by atoms with Crippen molar-refractivity contribution in [3.05, 3.63) is 30.1 Å². The van der Waals surface area contributed by atoms with Gasteiger partial charge in [-0.2, -0.15) is 0 Å². The van der Waals surface area contributed by atoms with Crippen LogP contribution in [-0.2, 0) is 11.3 Å². The van der Waals surface area contributed by atoms with E-state index < -0.39 is 0 Å². The van der Waals surface area contributed by atoms with Gasteiger partial charge >= 0.3 is 0 Å². The third-order valence-electron chi connectivity index (χ3n) is 3.72. The van der Waals surface area contributed by atoms with E-state index in [-0.39, 0.29) is 5.92 Å². The summed E-state index contributed by atoms with van der Waals surface area (Å²) in [4.78, 5) is 18.4. The van der Waals surface area contributed by atoms with Gasteiger partial charge in [-0.25, -0.2) is 0 Å². The monoisotopic (exact) mass is 246 g/mol. The minimum Gasteiger partial charge on any atom is -0.300 e. The number of nitrogens with zero attached hydrogens (tertiary/aromatic N) is 2. The normalized spacial score (nSPS) is 24.5. The number of rotatable bonds is 4. The maximum Gasteiger partial charge on any atom is 0.137 e. The summed E-state index contributed by atoms with van der Waals surface area (Å²) in [5, 5.41) is 0. The summed E-state index contributed by atoms with van der Waals surface area (Å²) in [5.41, 5.74) is 1.07. The van der Waals surface area contributed by atoms with Crippen molar-refractivity contribution in [2.24, 2.45) is 11.8 Å². The highest BCUT2D eigenvalue weighted by Crippen LogP contribution is 2.26. The number of carbonyl (C=O) groups is 1. The summed E-state index contributed by atoms with van der Waals surface area (Å²) in [6.45, 7) is 3.93. The molecule has 0 amide bonds. The Kier molecular flexibility index (Phi) is 4.48. The lowest BCUT2D eigenvalue weighted by Crippen LogP contribution is -2.34. The number of Topliss-reactive ketones (excluding diaryl/α,β-unsaturated/α-hetero) is 1. The summed E-state index contributed by atoms with van der Waals surface area (Å²) >= 11 is 0. The molecule has 2 atom stereocenters. The summed E-state index contributed by atoms with van der Waals surface area (Å²) in [5.74, 6) is 1.36. The second-order valence-electron chi connectivity index (χ2n) is 5.56. The van der Waals surface area contributed by atoms with Crippen molar-refractivity contribution in [1.29, 1.82) is 0 Å². The van der Waals surface area contributed by atoms with E-state index in [1.807, 2.05) is 24.4 Å². The molecule has 1 saturated carbocycles. The Morgan fingerprint density at radius 1 is 1.44 bits per heavy atom. The van der Waals surface area contributed by atoms with E-state index in [1.165, 1.54) is 0 Å².